The number of thioether (sulfide) groups is 1. The molecule has 3 aromatic rings. The molecule has 1 saturated heterocycles. The molecule has 1 amide bonds. The number of carbonyl (C=O) groups excluding carboxylic acids is 1. The van der Waals surface area contributed by atoms with Gasteiger partial charge >= 0.3 is 0 Å². The van der Waals surface area contributed by atoms with Crippen LogP contribution in [-0.4, -0.2) is 23.4 Å². The van der Waals surface area contributed by atoms with Gasteiger partial charge in [0.2, 0.25) is 0 Å². The van der Waals surface area contributed by atoms with Crippen molar-refractivity contribution in [2.75, 3.05) is 18.1 Å². The second-order valence-corrected chi connectivity index (χ2v) is 9.60. The normalized spacial score (nSPS) is 14.8. The first-order valence-corrected chi connectivity index (χ1v) is 12.1. The molecule has 0 aliphatic carbocycles. The second kappa shape index (κ2) is 10.5. The number of thiocarbonyl (C=S) groups is 1. The molecule has 1 aliphatic rings. The Morgan fingerprint density at radius 2 is 1.72 bits per heavy atom. The molecule has 0 radical (unpaired) electrons. The fourth-order valence-corrected chi connectivity index (χ4v) is 4.73. The minimum Gasteiger partial charge on any atom is -0.490 e. The van der Waals surface area contributed by atoms with Crippen LogP contribution in [0.3, 0.4) is 0 Å². The third kappa shape index (κ3) is 5.35. The lowest BCUT2D eigenvalue weighted by molar-refractivity contribution is -0.113. The van der Waals surface area contributed by atoms with E-state index < -0.39 is 0 Å². The van der Waals surface area contributed by atoms with Gasteiger partial charge in [-0.3, -0.25) is 9.69 Å². The van der Waals surface area contributed by atoms with Gasteiger partial charge in [0.25, 0.3) is 5.91 Å². The van der Waals surface area contributed by atoms with Crippen LogP contribution in [0.2, 0.25) is 5.02 Å². The van der Waals surface area contributed by atoms with Crippen LogP contribution in [0.4, 0.5) is 5.69 Å². The van der Waals surface area contributed by atoms with Gasteiger partial charge in [-0.25, -0.2) is 0 Å². The van der Waals surface area contributed by atoms with Crippen LogP contribution in [0, 0.1) is 0 Å². The SMILES string of the molecule is O=C1C(=Cc2ccccc2OCCOc2ccccc2)SC(=S)N1c1ccc(Br)c(Cl)c1. The van der Waals surface area contributed by atoms with E-state index in [-0.39, 0.29) is 5.91 Å². The summed E-state index contributed by atoms with van der Waals surface area (Å²) in [6.45, 7) is 0.781. The number of para-hydroxylation sites is 2. The van der Waals surface area contributed by atoms with Crippen molar-refractivity contribution in [3.05, 3.63) is 92.8 Å². The van der Waals surface area contributed by atoms with Gasteiger partial charge in [0.05, 0.1) is 15.6 Å². The summed E-state index contributed by atoms with van der Waals surface area (Å²) in [6, 6.07) is 22.4. The molecular weight excluding hydrogens is 530 g/mol. The maximum Gasteiger partial charge on any atom is 0.270 e. The lowest BCUT2D eigenvalue weighted by Crippen LogP contribution is -2.27. The van der Waals surface area contributed by atoms with Gasteiger partial charge in [0.15, 0.2) is 4.32 Å². The van der Waals surface area contributed by atoms with Gasteiger partial charge in [-0.05, 0) is 58.4 Å². The van der Waals surface area contributed by atoms with E-state index >= 15 is 0 Å². The lowest BCUT2D eigenvalue weighted by Gasteiger charge is -2.15. The number of benzene rings is 3. The second-order valence-electron chi connectivity index (χ2n) is 6.66. The molecule has 0 spiro atoms. The molecule has 1 aliphatic heterocycles. The van der Waals surface area contributed by atoms with E-state index in [4.69, 9.17) is 33.3 Å². The summed E-state index contributed by atoms with van der Waals surface area (Å²) in [7, 11) is 0. The number of nitrogens with zero attached hydrogens (tertiary/aromatic N) is 1. The van der Waals surface area contributed by atoms with Crippen molar-refractivity contribution < 1.29 is 14.3 Å². The van der Waals surface area contributed by atoms with Crippen LogP contribution in [0.5, 0.6) is 11.5 Å². The first kappa shape index (κ1) is 22.9. The minimum atomic E-state index is -0.194. The number of ether oxygens (including phenoxy) is 2. The monoisotopic (exact) mass is 545 g/mol. The Kier molecular flexibility index (Phi) is 7.52. The van der Waals surface area contributed by atoms with Gasteiger partial charge < -0.3 is 9.47 Å². The molecule has 162 valence electrons. The van der Waals surface area contributed by atoms with Crippen LogP contribution in [0.25, 0.3) is 6.08 Å². The zero-order valence-corrected chi connectivity index (χ0v) is 20.6. The third-order valence-electron chi connectivity index (χ3n) is 4.51. The quantitative estimate of drug-likeness (QED) is 0.182. The summed E-state index contributed by atoms with van der Waals surface area (Å²) >= 11 is 16.3. The molecule has 0 atom stereocenters. The largest absolute Gasteiger partial charge is 0.490 e. The number of rotatable bonds is 7. The zero-order chi connectivity index (χ0) is 22.5. The molecule has 32 heavy (non-hydrogen) atoms. The van der Waals surface area contributed by atoms with Gasteiger partial charge in [-0.2, -0.15) is 0 Å². The molecule has 0 unspecified atom stereocenters. The first-order valence-electron chi connectivity index (χ1n) is 9.65. The van der Waals surface area contributed by atoms with Gasteiger partial charge in [0, 0.05) is 10.0 Å². The number of hydrogen-bond donors (Lipinski definition) is 0. The summed E-state index contributed by atoms with van der Waals surface area (Å²) in [5, 5.41) is 0.511. The Morgan fingerprint density at radius 1 is 1.00 bits per heavy atom. The average Bonchev–Trinajstić information content (AvgIpc) is 3.08. The topological polar surface area (TPSA) is 38.8 Å². The Balaban J connectivity index is 1.47. The number of amides is 1. The highest BCUT2D eigenvalue weighted by Crippen LogP contribution is 2.38. The lowest BCUT2D eigenvalue weighted by atomic mass is 10.2. The maximum atomic E-state index is 13.1. The van der Waals surface area contributed by atoms with E-state index in [0.717, 1.165) is 15.8 Å². The predicted octanol–water partition coefficient (Wildman–Crippen LogP) is 6.97. The molecule has 0 bridgehead atoms. The van der Waals surface area contributed by atoms with Crippen molar-refractivity contribution in [3.8, 4) is 11.5 Å². The minimum absolute atomic E-state index is 0.194. The number of hydrogen-bond acceptors (Lipinski definition) is 5. The maximum absolute atomic E-state index is 13.1. The van der Waals surface area contributed by atoms with Gasteiger partial charge in [0.1, 0.15) is 24.7 Å². The van der Waals surface area contributed by atoms with Crippen molar-refractivity contribution in [2.24, 2.45) is 0 Å². The van der Waals surface area contributed by atoms with Gasteiger partial charge in [-0.1, -0.05) is 72.0 Å². The first-order chi connectivity index (χ1) is 15.5. The molecule has 0 aromatic heterocycles. The average molecular weight is 547 g/mol. The van der Waals surface area contributed by atoms with Crippen LogP contribution in [0.1, 0.15) is 5.56 Å². The van der Waals surface area contributed by atoms with E-state index in [9.17, 15) is 4.79 Å². The van der Waals surface area contributed by atoms with Crippen molar-refractivity contribution in [3.63, 3.8) is 0 Å². The van der Waals surface area contributed by atoms with E-state index in [1.807, 2.05) is 54.6 Å². The summed E-state index contributed by atoms with van der Waals surface area (Å²) in [6.07, 6.45) is 1.80. The van der Waals surface area contributed by atoms with Crippen LogP contribution >= 0.6 is 51.5 Å². The molecule has 3 aromatic carbocycles. The van der Waals surface area contributed by atoms with Crippen molar-refractivity contribution in [1.29, 1.82) is 0 Å². The van der Waals surface area contributed by atoms with Gasteiger partial charge in [-0.15, -0.1) is 0 Å². The highest BCUT2D eigenvalue weighted by atomic mass is 79.9. The van der Waals surface area contributed by atoms with E-state index in [0.29, 0.717) is 38.9 Å². The standard InChI is InChI=1S/C24H17BrClNO3S2/c25-19-11-10-17(15-20(19)26)27-23(28)22(32-24(27)31)14-16-6-4-5-9-21(16)30-13-12-29-18-7-2-1-3-8-18/h1-11,14-15H,12-13H2. The van der Waals surface area contributed by atoms with E-state index in [1.54, 1.807) is 24.3 Å². The Morgan fingerprint density at radius 3 is 2.50 bits per heavy atom. The van der Waals surface area contributed by atoms with E-state index in [1.165, 1.54) is 16.7 Å². The Labute approximate surface area is 209 Å². The fraction of sp³-hybridized carbons (Fsp3) is 0.0833. The molecule has 8 heteroatoms. The van der Waals surface area contributed by atoms with Crippen LogP contribution in [-0.2, 0) is 4.79 Å². The summed E-state index contributed by atoms with van der Waals surface area (Å²) in [4.78, 5) is 15.1. The molecule has 0 N–H and O–H groups in total. The van der Waals surface area contributed by atoms with Crippen LogP contribution < -0.4 is 14.4 Å². The molecular formula is C24H17BrClNO3S2. The van der Waals surface area contributed by atoms with Crippen molar-refractivity contribution >= 4 is 73.5 Å². The third-order valence-corrected chi connectivity index (χ3v) is 7.05. The van der Waals surface area contributed by atoms with E-state index in [2.05, 4.69) is 15.9 Å². The molecule has 4 rings (SSSR count). The summed E-state index contributed by atoms with van der Waals surface area (Å²) in [5.74, 6) is 1.27. The Bertz CT molecular complexity index is 1190. The predicted molar refractivity (Wildman–Crippen MR) is 139 cm³/mol. The highest BCUT2D eigenvalue weighted by Gasteiger charge is 2.33. The Hall–Kier alpha value is -2.32. The van der Waals surface area contributed by atoms with Crippen LogP contribution in [0.15, 0.2) is 82.2 Å². The smallest absolute Gasteiger partial charge is 0.270 e. The number of anilines is 1. The van der Waals surface area contributed by atoms with Crippen molar-refractivity contribution in [2.45, 2.75) is 0 Å². The molecule has 4 nitrogen and oxygen atoms in total. The fourth-order valence-electron chi connectivity index (χ4n) is 3.01. The zero-order valence-electron chi connectivity index (χ0n) is 16.7. The summed E-state index contributed by atoms with van der Waals surface area (Å²) < 4.78 is 12.8. The molecule has 1 heterocycles. The number of halogens is 2. The highest BCUT2D eigenvalue weighted by molar-refractivity contribution is 9.10. The summed E-state index contributed by atoms with van der Waals surface area (Å²) in [5.41, 5.74) is 1.42. The molecule has 1 fully saturated rings. The van der Waals surface area contributed by atoms with Crippen molar-refractivity contribution in [1.82, 2.24) is 0 Å². The molecule has 0 saturated carbocycles. The number of carbonyl (C=O) groups is 1.